The molecule has 0 aromatic carbocycles. The van der Waals surface area contributed by atoms with E-state index in [1.54, 1.807) is 7.11 Å². The first kappa shape index (κ1) is 19.3. The maximum atomic E-state index is 12.3. The van der Waals surface area contributed by atoms with Crippen molar-refractivity contribution in [2.24, 2.45) is 5.92 Å². The van der Waals surface area contributed by atoms with Crippen LogP contribution in [0, 0.1) is 12.8 Å². The molecule has 0 bridgehead atoms. The molecule has 1 amide bonds. The fourth-order valence-corrected chi connectivity index (χ4v) is 4.21. The van der Waals surface area contributed by atoms with E-state index in [1.807, 2.05) is 13.1 Å². The van der Waals surface area contributed by atoms with Crippen LogP contribution >= 0.6 is 0 Å². The molecule has 0 spiro atoms. The zero-order valence-corrected chi connectivity index (χ0v) is 16.2. The first-order chi connectivity index (χ1) is 12.7. The first-order valence-electron chi connectivity index (χ1n) is 9.89. The summed E-state index contributed by atoms with van der Waals surface area (Å²) in [5, 5.41) is 3.00. The van der Waals surface area contributed by atoms with E-state index >= 15 is 0 Å². The molecular formula is C19H33N5O2. The molecule has 7 nitrogen and oxygen atoms in total. The number of nitrogens with zero attached hydrogens (tertiary/aromatic N) is 3. The number of carbonyl (C=O) groups excluding carboxylic acids is 1. The van der Waals surface area contributed by atoms with Crippen LogP contribution < -0.4 is 5.32 Å². The van der Waals surface area contributed by atoms with Crippen molar-refractivity contribution in [3.63, 3.8) is 0 Å². The molecule has 0 radical (unpaired) electrons. The second kappa shape index (κ2) is 9.48. The molecule has 0 saturated carbocycles. The van der Waals surface area contributed by atoms with Crippen LogP contribution in [0.4, 0.5) is 0 Å². The second-order valence-electron chi connectivity index (χ2n) is 7.62. The van der Waals surface area contributed by atoms with Crippen LogP contribution in [0.3, 0.4) is 0 Å². The quantitative estimate of drug-likeness (QED) is 0.711. The summed E-state index contributed by atoms with van der Waals surface area (Å²) in [6.45, 7) is 8.41. The van der Waals surface area contributed by atoms with Crippen molar-refractivity contribution in [3.8, 4) is 0 Å². The second-order valence-corrected chi connectivity index (χ2v) is 7.62. The van der Waals surface area contributed by atoms with Gasteiger partial charge in [0.1, 0.15) is 5.82 Å². The number of hydrogen-bond acceptors (Lipinski definition) is 5. The third kappa shape index (κ3) is 5.28. The summed E-state index contributed by atoms with van der Waals surface area (Å²) in [5.74, 6) is 1.31. The Hall–Kier alpha value is -1.44. The Morgan fingerprint density at radius 2 is 2.15 bits per heavy atom. The number of carbonyl (C=O) groups is 1. The molecule has 2 saturated heterocycles. The number of H-pyrrole nitrogens is 1. The highest BCUT2D eigenvalue weighted by Gasteiger charge is 2.31. The van der Waals surface area contributed by atoms with Crippen molar-refractivity contribution in [3.05, 3.63) is 17.7 Å². The van der Waals surface area contributed by atoms with Crippen LogP contribution in [0.1, 0.15) is 37.2 Å². The van der Waals surface area contributed by atoms with E-state index in [-0.39, 0.29) is 11.8 Å². The van der Waals surface area contributed by atoms with Gasteiger partial charge in [0.25, 0.3) is 0 Å². The van der Waals surface area contributed by atoms with Crippen LogP contribution in [0.25, 0.3) is 0 Å². The zero-order valence-electron chi connectivity index (χ0n) is 16.2. The van der Waals surface area contributed by atoms with Gasteiger partial charge in [-0.2, -0.15) is 0 Å². The minimum atomic E-state index is 0.131. The Balaban J connectivity index is 1.42. The average molecular weight is 364 g/mol. The predicted octanol–water partition coefficient (Wildman–Crippen LogP) is 1.16. The lowest BCUT2D eigenvalue weighted by molar-refractivity contribution is -0.127. The number of likely N-dealkylation sites (tertiary alicyclic amines) is 2. The van der Waals surface area contributed by atoms with Crippen LogP contribution in [0.15, 0.2) is 6.20 Å². The van der Waals surface area contributed by atoms with Gasteiger partial charge in [0, 0.05) is 57.8 Å². The van der Waals surface area contributed by atoms with Gasteiger partial charge in [-0.05, 0) is 39.2 Å². The van der Waals surface area contributed by atoms with E-state index in [2.05, 4.69) is 25.1 Å². The summed E-state index contributed by atoms with van der Waals surface area (Å²) < 4.78 is 5.01. The van der Waals surface area contributed by atoms with Crippen LogP contribution in [0.5, 0.6) is 0 Å². The molecule has 1 unspecified atom stereocenters. The van der Waals surface area contributed by atoms with Crippen molar-refractivity contribution in [1.29, 1.82) is 0 Å². The van der Waals surface area contributed by atoms with Crippen molar-refractivity contribution < 1.29 is 9.53 Å². The molecule has 0 aliphatic carbocycles. The van der Waals surface area contributed by atoms with Crippen molar-refractivity contribution in [2.45, 2.75) is 45.2 Å². The third-order valence-corrected chi connectivity index (χ3v) is 5.65. The maximum Gasteiger partial charge on any atom is 0.224 e. The number of ether oxygens (including phenoxy) is 1. The topological polar surface area (TPSA) is 73.5 Å². The Morgan fingerprint density at radius 3 is 2.85 bits per heavy atom. The highest BCUT2D eigenvalue weighted by atomic mass is 16.5. The monoisotopic (exact) mass is 363 g/mol. The van der Waals surface area contributed by atoms with E-state index in [0.717, 1.165) is 51.4 Å². The van der Waals surface area contributed by atoms with Crippen molar-refractivity contribution in [2.75, 3.05) is 46.4 Å². The number of hydrogen-bond donors (Lipinski definition) is 2. The summed E-state index contributed by atoms with van der Waals surface area (Å²) in [6, 6.07) is 0.615. The van der Waals surface area contributed by atoms with Crippen molar-refractivity contribution >= 4 is 5.91 Å². The lowest BCUT2D eigenvalue weighted by Gasteiger charge is -2.42. The van der Waals surface area contributed by atoms with E-state index in [0.29, 0.717) is 19.2 Å². The predicted molar refractivity (Wildman–Crippen MR) is 101 cm³/mol. The van der Waals surface area contributed by atoms with Crippen LogP contribution in [-0.2, 0) is 16.1 Å². The number of aromatic amines is 1. The smallest absolute Gasteiger partial charge is 0.224 e. The van der Waals surface area contributed by atoms with Crippen LogP contribution in [-0.4, -0.2) is 78.2 Å². The molecule has 2 N–H and O–H groups in total. The number of amides is 1. The number of aromatic nitrogens is 2. The highest BCUT2D eigenvalue weighted by molar-refractivity contribution is 5.78. The normalized spacial score (nSPS) is 23.2. The number of piperidine rings is 2. The van der Waals surface area contributed by atoms with Crippen molar-refractivity contribution in [1.82, 2.24) is 25.1 Å². The molecule has 3 heterocycles. The van der Waals surface area contributed by atoms with Gasteiger partial charge < -0.3 is 15.0 Å². The fraction of sp³-hybridized carbons (Fsp3) is 0.789. The van der Waals surface area contributed by atoms with E-state index in [1.165, 1.54) is 18.5 Å². The Labute approximate surface area is 156 Å². The molecule has 1 atom stereocenters. The summed E-state index contributed by atoms with van der Waals surface area (Å²) in [7, 11) is 1.66. The Morgan fingerprint density at radius 1 is 1.35 bits per heavy atom. The fourth-order valence-electron chi connectivity index (χ4n) is 4.21. The first-order valence-corrected chi connectivity index (χ1v) is 9.89. The summed E-state index contributed by atoms with van der Waals surface area (Å²) in [5.41, 5.74) is 1.20. The van der Waals surface area contributed by atoms with Crippen LogP contribution in [0.2, 0.25) is 0 Å². The summed E-state index contributed by atoms with van der Waals surface area (Å²) in [4.78, 5) is 25.0. The molecule has 1 aromatic rings. The average Bonchev–Trinajstić information content (AvgIpc) is 3.07. The minimum absolute atomic E-state index is 0.131. The number of aryl methyl sites for hydroxylation is 1. The Bertz CT molecular complexity index is 568. The van der Waals surface area contributed by atoms with Gasteiger partial charge in [-0.25, -0.2) is 4.98 Å². The van der Waals surface area contributed by atoms with Gasteiger partial charge in [-0.3, -0.25) is 14.6 Å². The SMILES string of the molecule is COCCNC(=O)C1CCCN(C2CCN(Cc3cnc(C)[nH]3)CC2)C1. The molecule has 2 aliphatic heterocycles. The standard InChI is InChI=1S/C19H33N5O2/c1-15-21-12-17(22-15)14-23-9-5-18(6-10-23)24-8-3-4-16(13-24)19(25)20-7-11-26-2/h12,16,18H,3-11,13-14H2,1-2H3,(H,20,25)(H,21,22). The van der Waals surface area contributed by atoms with Gasteiger partial charge >= 0.3 is 0 Å². The number of nitrogens with one attached hydrogen (secondary N) is 2. The van der Waals surface area contributed by atoms with E-state index in [9.17, 15) is 4.79 Å². The third-order valence-electron chi connectivity index (χ3n) is 5.65. The molecule has 1 aromatic heterocycles. The minimum Gasteiger partial charge on any atom is -0.383 e. The van der Waals surface area contributed by atoms with Gasteiger partial charge in [0.15, 0.2) is 0 Å². The van der Waals surface area contributed by atoms with E-state index in [4.69, 9.17) is 4.74 Å². The summed E-state index contributed by atoms with van der Waals surface area (Å²) in [6.07, 6.45) is 6.44. The van der Waals surface area contributed by atoms with Gasteiger partial charge in [0.05, 0.1) is 12.5 Å². The number of methoxy groups -OCH3 is 1. The zero-order chi connectivity index (χ0) is 18.4. The summed E-state index contributed by atoms with van der Waals surface area (Å²) >= 11 is 0. The molecule has 2 aliphatic rings. The highest BCUT2D eigenvalue weighted by Crippen LogP contribution is 2.24. The lowest BCUT2D eigenvalue weighted by Crippen LogP contribution is -2.50. The largest absolute Gasteiger partial charge is 0.383 e. The number of rotatable bonds is 7. The van der Waals surface area contributed by atoms with Gasteiger partial charge in [0.2, 0.25) is 5.91 Å². The molecular weight excluding hydrogens is 330 g/mol. The maximum absolute atomic E-state index is 12.3. The Kier molecular flexibility index (Phi) is 7.05. The molecule has 3 rings (SSSR count). The van der Waals surface area contributed by atoms with E-state index < -0.39 is 0 Å². The molecule has 2 fully saturated rings. The lowest BCUT2D eigenvalue weighted by atomic mass is 9.93. The van der Waals surface area contributed by atoms with Gasteiger partial charge in [-0.15, -0.1) is 0 Å². The van der Waals surface area contributed by atoms with Gasteiger partial charge in [-0.1, -0.05) is 0 Å². The molecule has 26 heavy (non-hydrogen) atoms. The molecule has 146 valence electrons. The number of imidazole rings is 1. The molecule has 7 heteroatoms.